The molecule has 5 N–H and O–H groups in total. The number of hydrogen-bond acceptors (Lipinski definition) is 7. The van der Waals surface area contributed by atoms with Gasteiger partial charge in [0.25, 0.3) is 5.91 Å². The lowest BCUT2D eigenvalue weighted by molar-refractivity contribution is -0.139. The summed E-state index contributed by atoms with van der Waals surface area (Å²) >= 11 is 0. The Morgan fingerprint density at radius 3 is 1.92 bits per heavy atom. The van der Waals surface area contributed by atoms with E-state index in [1.807, 2.05) is 92.6 Å². The van der Waals surface area contributed by atoms with Gasteiger partial charge >= 0.3 is 0 Å². The van der Waals surface area contributed by atoms with Crippen molar-refractivity contribution in [1.82, 2.24) is 15.5 Å². The maximum absolute atomic E-state index is 11.5. The Labute approximate surface area is 293 Å². The molecule has 1 aromatic carbocycles. The second kappa shape index (κ2) is 41.2. The van der Waals surface area contributed by atoms with E-state index in [9.17, 15) is 24.0 Å². The first-order valence-electron chi connectivity index (χ1n) is 17.5. The molecule has 10 heteroatoms. The molecule has 0 aromatic heterocycles. The Morgan fingerprint density at radius 1 is 1.02 bits per heavy atom. The third-order valence-corrected chi connectivity index (χ3v) is 5.83. The van der Waals surface area contributed by atoms with Crippen LogP contribution in [0.5, 0.6) is 0 Å². The second-order valence-corrected chi connectivity index (χ2v) is 9.81. The quantitative estimate of drug-likeness (QED) is 0.0550. The van der Waals surface area contributed by atoms with Crippen LogP contribution in [-0.4, -0.2) is 60.1 Å². The number of carbonyl (C=O) groups excluding carboxylic acids is 5. The highest BCUT2D eigenvalue weighted by Gasteiger charge is 2.34. The molecule has 2 rings (SSSR count). The van der Waals surface area contributed by atoms with Gasteiger partial charge in [-0.15, -0.1) is 0 Å². The summed E-state index contributed by atoms with van der Waals surface area (Å²) in [4.78, 5) is 55.5. The van der Waals surface area contributed by atoms with Crippen molar-refractivity contribution in [3.05, 3.63) is 59.8 Å². The molecule has 4 amide bonds. The zero-order valence-corrected chi connectivity index (χ0v) is 32.1. The number of nitrogens with zero attached hydrogens (tertiary/aromatic N) is 1. The Hall–Kier alpha value is -3.79. The van der Waals surface area contributed by atoms with Crippen molar-refractivity contribution in [2.45, 2.75) is 127 Å². The Balaban J connectivity index is -0.000000168. The minimum atomic E-state index is -0.193. The SMILES string of the molecule is C=C(C)CNC(=O)/C(=C\C)NC.CC.CC.CC.CC1CC(=O)N(CCCCCC=O)C1=O.CCCCC(N)=O.OCc1ccccc1. The molecule has 1 fully saturated rings. The number of nitrogens with two attached hydrogens (primary N) is 1. The van der Waals surface area contributed by atoms with Crippen LogP contribution in [0.1, 0.15) is 126 Å². The zero-order valence-electron chi connectivity index (χ0n) is 32.1. The summed E-state index contributed by atoms with van der Waals surface area (Å²) in [6.45, 7) is 24.4. The predicted octanol–water partition coefficient (Wildman–Crippen LogP) is 6.86. The van der Waals surface area contributed by atoms with Gasteiger partial charge in [0.1, 0.15) is 6.29 Å². The van der Waals surface area contributed by atoms with Gasteiger partial charge in [0.15, 0.2) is 0 Å². The van der Waals surface area contributed by atoms with E-state index in [-0.39, 0.29) is 36.2 Å². The van der Waals surface area contributed by atoms with Crippen LogP contribution in [0.25, 0.3) is 0 Å². The van der Waals surface area contributed by atoms with Crippen LogP contribution in [0.3, 0.4) is 0 Å². The lowest BCUT2D eigenvalue weighted by Gasteiger charge is -2.13. The number of nitrogens with one attached hydrogen (secondary N) is 2. The number of primary amides is 1. The first kappa shape index (κ1) is 53.7. The van der Waals surface area contributed by atoms with E-state index in [2.05, 4.69) is 17.2 Å². The van der Waals surface area contributed by atoms with E-state index in [0.29, 0.717) is 38.0 Å². The Kier molecular flexibility index (Phi) is 46.1. The lowest BCUT2D eigenvalue weighted by Crippen LogP contribution is -2.31. The molecule has 1 aliphatic heterocycles. The normalized spacial score (nSPS) is 12.5. The monoisotopic (exact) mass is 679 g/mol. The number of hydrogen-bond donors (Lipinski definition) is 4. The highest BCUT2D eigenvalue weighted by atomic mass is 16.3. The van der Waals surface area contributed by atoms with Gasteiger partial charge in [0, 0.05) is 45.3 Å². The Bertz CT molecular complexity index is 981. The van der Waals surface area contributed by atoms with E-state index >= 15 is 0 Å². The number of likely N-dealkylation sites (N-methyl/N-ethyl adjacent to an activating group) is 1. The number of benzene rings is 1. The van der Waals surface area contributed by atoms with Crippen molar-refractivity contribution in [3.63, 3.8) is 0 Å². The topological polar surface area (TPSA) is 159 Å². The van der Waals surface area contributed by atoms with Crippen molar-refractivity contribution in [2.75, 3.05) is 20.1 Å². The summed E-state index contributed by atoms with van der Waals surface area (Å²) in [5, 5.41) is 14.0. The second-order valence-electron chi connectivity index (χ2n) is 9.81. The first-order valence-corrected chi connectivity index (χ1v) is 17.5. The van der Waals surface area contributed by atoms with Crippen LogP contribution in [0.15, 0.2) is 54.3 Å². The van der Waals surface area contributed by atoms with Crippen molar-refractivity contribution in [2.24, 2.45) is 11.7 Å². The van der Waals surface area contributed by atoms with Crippen LogP contribution in [0, 0.1) is 5.92 Å². The number of aliphatic hydroxyl groups excluding tert-OH is 1. The number of allylic oxidation sites excluding steroid dienone is 1. The number of rotatable bonds is 14. The molecule has 1 saturated heterocycles. The minimum Gasteiger partial charge on any atom is -0.392 e. The van der Waals surface area contributed by atoms with Gasteiger partial charge in [-0.2, -0.15) is 0 Å². The molecule has 1 heterocycles. The van der Waals surface area contributed by atoms with Crippen LogP contribution < -0.4 is 16.4 Å². The third-order valence-electron chi connectivity index (χ3n) is 5.83. The lowest BCUT2D eigenvalue weighted by atomic mass is 10.1. The van der Waals surface area contributed by atoms with E-state index < -0.39 is 0 Å². The fraction of sp³-hybridized carbons (Fsp3) is 0.605. The molecule has 1 aromatic rings. The summed E-state index contributed by atoms with van der Waals surface area (Å²) in [5.74, 6) is -0.532. The molecule has 1 aliphatic rings. The van der Waals surface area contributed by atoms with Crippen molar-refractivity contribution in [1.29, 1.82) is 0 Å². The fourth-order valence-electron chi connectivity index (χ4n) is 3.41. The first-order chi connectivity index (χ1) is 23.0. The van der Waals surface area contributed by atoms with Gasteiger partial charge in [-0.1, -0.05) is 117 Å². The highest BCUT2D eigenvalue weighted by molar-refractivity contribution is 6.03. The van der Waals surface area contributed by atoms with Crippen LogP contribution >= 0.6 is 0 Å². The summed E-state index contributed by atoms with van der Waals surface area (Å²) in [6.07, 6.45) is 8.60. The average Bonchev–Trinajstić information content (AvgIpc) is 3.36. The summed E-state index contributed by atoms with van der Waals surface area (Å²) in [6, 6.07) is 9.52. The van der Waals surface area contributed by atoms with Crippen LogP contribution in [-0.2, 0) is 30.6 Å². The molecule has 1 atom stereocenters. The van der Waals surface area contributed by atoms with Gasteiger partial charge in [-0.3, -0.25) is 24.1 Å². The van der Waals surface area contributed by atoms with E-state index in [4.69, 9.17) is 10.8 Å². The van der Waals surface area contributed by atoms with Gasteiger partial charge < -0.3 is 26.3 Å². The van der Waals surface area contributed by atoms with E-state index in [0.717, 1.165) is 49.5 Å². The maximum atomic E-state index is 11.5. The summed E-state index contributed by atoms with van der Waals surface area (Å²) in [5.41, 5.74) is 7.32. The minimum absolute atomic E-state index is 0.0459. The van der Waals surface area contributed by atoms with Crippen LogP contribution in [0.2, 0.25) is 0 Å². The predicted molar refractivity (Wildman–Crippen MR) is 201 cm³/mol. The molecular weight excluding hydrogens is 608 g/mol. The van der Waals surface area contributed by atoms with E-state index in [1.54, 1.807) is 20.0 Å². The average molecular weight is 679 g/mol. The molecule has 0 saturated carbocycles. The maximum Gasteiger partial charge on any atom is 0.267 e. The van der Waals surface area contributed by atoms with Gasteiger partial charge in [-0.05, 0) is 38.7 Å². The number of aliphatic hydroxyl groups is 1. The Morgan fingerprint density at radius 2 is 1.58 bits per heavy atom. The number of amides is 4. The largest absolute Gasteiger partial charge is 0.392 e. The third kappa shape index (κ3) is 33.6. The van der Waals surface area contributed by atoms with Crippen molar-refractivity contribution in [3.8, 4) is 0 Å². The molecule has 1 unspecified atom stereocenters. The van der Waals surface area contributed by atoms with Crippen molar-refractivity contribution >= 4 is 29.9 Å². The zero-order chi connectivity index (χ0) is 38.3. The number of likely N-dealkylation sites (tertiary alicyclic amines) is 1. The fourth-order valence-corrected chi connectivity index (χ4v) is 3.41. The molecule has 0 radical (unpaired) electrons. The number of unbranched alkanes of at least 4 members (excludes halogenated alkanes) is 4. The molecular formula is C38H70N4O6. The summed E-state index contributed by atoms with van der Waals surface area (Å²) < 4.78 is 0. The van der Waals surface area contributed by atoms with Crippen molar-refractivity contribution < 1.29 is 29.1 Å². The molecule has 0 aliphatic carbocycles. The van der Waals surface area contributed by atoms with Gasteiger partial charge in [0.05, 0.1) is 12.3 Å². The number of carbonyl (C=O) groups is 5. The molecule has 10 nitrogen and oxygen atoms in total. The van der Waals surface area contributed by atoms with E-state index in [1.165, 1.54) is 4.90 Å². The number of imide groups is 1. The standard InChI is InChI=1S/C11H17NO3.C9H16N2O.C7H8O.C5H11NO.3C2H6/c1-9-8-10(14)12(11(9)15)6-4-2-3-5-7-13;1-5-8(10-4)9(12)11-6-7(2)3;8-6-7-4-2-1-3-5-7;1-2-3-4-5(6)7;3*1-2/h7,9H,2-6,8H2,1H3;5,10H,2,6H2,1,3-4H3,(H,11,12);1-5,8H,6H2;2-4H2,1H3,(H2,6,7);3*1-2H3/b;8-5+;;;;;. The smallest absolute Gasteiger partial charge is 0.267 e. The van der Waals surface area contributed by atoms with Crippen LogP contribution in [0.4, 0.5) is 0 Å². The summed E-state index contributed by atoms with van der Waals surface area (Å²) in [7, 11) is 1.72. The van der Waals surface area contributed by atoms with Gasteiger partial charge in [-0.25, -0.2) is 0 Å². The molecule has 48 heavy (non-hydrogen) atoms. The molecule has 278 valence electrons. The van der Waals surface area contributed by atoms with Gasteiger partial charge in [0.2, 0.25) is 17.7 Å². The molecule has 0 spiro atoms. The molecule has 0 bridgehead atoms. The highest BCUT2D eigenvalue weighted by Crippen LogP contribution is 2.19. The number of aldehydes is 1.